The minimum Gasteiger partial charge on any atom is -0.457 e. The fourth-order valence-corrected chi connectivity index (χ4v) is 6.49. The van der Waals surface area contributed by atoms with Gasteiger partial charge in [-0.1, -0.05) is 98.8 Å². The molecular formula is C27H23OP. The van der Waals surface area contributed by atoms with Gasteiger partial charge in [-0.05, 0) is 42.0 Å². The molecule has 0 N–H and O–H groups in total. The normalized spacial score (nSPS) is 14.0. The molecule has 29 heavy (non-hydrogen) atoms. The fraction of sp³-hybridized carbons (Fsp3) is 0.111. The number of fused-ring (bicyclic) bond motifs is 2. The van der Waals surface area contributed by atoms with Crippen LogP contribution in [0.5, 0.6) is 11.5 Å². The fourth-order valence-electron chi connectivity index (χ4n) is 4.17. The van der Waals surface area contributed by atoms with Crippen molar-refractivity contribution in [2.24, 2.45) is 0 Å². The Hall–Kier alpha value is -2.89. The van der Waals surface area contributed by atoms with E-state index in [0.29, 0.717) is 0 Å². The van der Waals surface area contributed by atoms with Crippen LogP contribution < -0.4 is 20.7 Å². The van der Waals surface area contributed by atoms with E-state index in [1.54, 1.807) is 0 Å². The summed E-state index contributed by atoms with van der Waals surface area (Å²) in [6, 6.07) is 36.8. The van der Waals surface area contributed by atoms with Crippen molar-refractivity contribution in [3.63, 3.8) is 0 Å². The zero-order valence-corrected chi connectivity index (χ0v) is 17.6. The molecule has 1 aliphatic rings. The molecule has 142 valence electrons. The first-order chi connectivity index (χ1) is 14.1. The van der Waals surface area contributed by atoms with Crippen LogP contribution in [0.3, 0.4) is 0 Å². The Morgan fingerprint density at radius 1 is 0.552 bits per heavy atom. The molecule has 4 aromatic rings. The SMILES string of the molecule is CC1(C)c2ccccc2Oc2ccc(P(c3ccccc3)c3ccccc3)cc21. The molecule has 0 spiro atoms. The Labute approximate surface area is 173 Å². The standard InChI is InChI=1S/C27H23OP/c1-27(2)23-15-9-10-16-25(23)28-26-18-17-22(19-24(26)27)29(20-11-5-3-6-12-20)21-13-7-4-8-14-21/h3-19H,1-2H3. The van der Waals surface area contributed by atoms with Gasteiger partial charge < -0.3 is 4.74 Å². The summed E-state index contributed by atoms with van der Waals surface area (Å²) in [4.78, 5) is 0. The average Bonchev–Trinajstić information content (AvgIpc) is 2.76. The Balaban J connectivity index is 1.67. The first kappa shape index (κ1) is 18.2. The number of para-hydroxylation sites is 1. The summed E-state index contributed by atoms with van der Waals surface area (Å²) >= 11 is 0. The highest BCUT2D eigenvalue weighted by Crippen LogP contribution is 2.48. The largest absolute Gasteiger partial charge is 0.457 e. The highest BCUT2D eigenvalue weighted by Gasteiger charge is 2.34. The number of benzene rings is 4. The maximum Gasteiger partial charge on any atom is 0.131 e. The number of hydrogen-bond acceptors (Lipinski definition) is 1. The van der Waals surface area contributed by atoms with Gasteiger partial charge in [-0.25, -0.2) is 0 Å². The molecule has 0 fully saturated rings. The Morgan fingerprint density at radius 2 is 1.10 bits per heavy atom. The average molecular weight is 394 g/mol. The lowest BCUT2D eigenvalue weighted by atomic mass is 9.76. The van der Waals surface area contributed by atoms with Gasteiger partial charge in [0.2, 0.25) is 0 Å². The lowest BCUT2D eigenvalue weighted by molar-refractivity contribution is 0.418. The zero-order valence-electron chi connectivity index (χ0n) is 16.7. The maximum absolute atomic E-state index is 6.27. The van der Waals surface area contributed by atoms with Crippen molar-refractivity contribution in [3.8, 4) is 11.5 Å². The van der Waals surface area contributed by atoms with Crippen LogP contribution in [0.4, 0.5) is 0 Å². The Bertz CT molecular complexity index is 1110. The molecule has 0 aromatic heterocycles. The molecule has 1 nitrogen and oxygen atoms in total. The molecule has 0 bridgehead atoms. The van der Waals surface area contributed by atoms with Crippen LogP contribution in [-0.4, -0.2) is 0 Å². The van der Waals surface area contributed by atoms with Crippen molar-refractivity contribution in [2.75, 3.05) is 0 Å². The van der Waals surface area contributed by atoms with Crippen LogP contribution >= 0.6 is 7.92 Å². The van der Waals surface area contributed by atoms with Crippen LogP contribution in [0.2, 0.25) is 0 Å². The minimum atomic E-state index is -0.626. The van der Waals surface area contributed by atoms with Crippen molar-refractivity contribution in [2.45, 2.75) is 19.3 Å². The van der Waals surface area contributed by atoms with E-state index in [4.69, 9.17) is 4.74 Å². The predicted octanol–water partition coefficient (Wildman–Crippen LogP) is 5.88. The molecule has 0 saturated carbocycles. The molecule has 0 unspecified atom stereocenters. The van der Waals surface area contributed by atoms with E-state index >= 15 is 0 Å². The maximum atomic E-state index is 6.27. The van der Waals surface area contributed by atoms with E-state index in [0.717, 1.165) is 11.5 Å². The summed E-state index contributed by atoms with van der Waals surface area (Å²) in [6.07, 6.45) is 0. The topological polar surface area (TPSA) is 9.23 Å². The van der Waals surface area contributed by atoms with Crippen molar-refractivity contribution in [3.05, 3.63) is 114 Å². The van der Waals surface area contributed by atoms with E-state index in [1.807, 2.05) is 6.07 Å². The number of rotatable bonds is 3. The number of hydrogen-bond donors (Lipinski definition) is 0. The van der Waals surface area contributed by atoms with Crippen molar-refractivity contribution >= 4 is 23.8 Å². The smallest absolute Gasteiger partial charge is 0.131 e. The molecule has 0 radical (unpaired) electrons. The molecule has 1 heterocycles. The van der Waals surface area contributed by atoms with E-state index < -0.39 is 7.92 Å². The summed E-state index contributed by atoms with van der Waals surface area (Å²) in [5, 5.41) is 4.08. The van der Waals surface area contributed by atoms with E-state index in [-0.39, 0.29) is 5.41 Å². The van der Waals surface area contributed by atoms with Crippen LogP contribution in [0.1, 0.15) is 25.0 Å². The van der Waals surface area contributed by atoms with Gasteiger partial charge in [0.25, 0.3) is 0 Å². The Morgan fingerprint density at radius 3 is 1.76 bits per heavy atom. The lowest BCUT2D eigenvalue weighted by Gasteiger charge is -2.35. The van der Waals surface area contributed by atoms with E-state index in [1.165, 1.54) is 27.0 Å². The molecular weight excluding hydrogens is 371 g/mol. The summed E-state index contributed by atoms with van der Waals surface area (Å²) in [7, 11) is -0.626. The summed E-state index contributed by atoms with van der Waals surface area (Å²) in [5.41, 5.74) is 2.40. The summed E-state index contributed by atoms with van der Waals surface area (Å²) in [6.45, 7) is 4.59. The predicted molar refractivity (Wildman–Crippen MR) is 124 cm³/mol. The summed E-state index contributed by atoms with van der Waals surface area (Å²) in [5.74, 6) is 1.93. The van der Waals surface area contributed by atoms with E-state index in [2.05, 4.69) is 111 Å². The van der Waals surface area contributed by atoms with Crippen molar-refractivity contribution in [1.82, 2.24) is 0 Å². The minimum absolute atomic E-state index is 0.103. The molecule has 0 saturated heterocycles. The second kappa shape index (κ2) is 7.17. The highest BCUT2D eigenvalue weighted by atomic mass is 31.1. The van der Waals surface area contributed by atoms with E-state index in [9.17, 15) is 0 Å². The molecule has 0 aliphatic carbocycles. The van der Waals surface area contributed by atoms with Crippen LogP contribution in [0.25, 0.3) is 0 Å². The third kappa shape index (κ3) is 3.16. The third-order valence-electron chi connectivity index (χ3n) is 5.70. The van der Waals surface area contributed by atoms with Gasteiger partial charge in [-0.15, -0.1) is 0 Å². The number of ether oxygens (including phenoxy) is 1. The quantitative estimate of drug-likeness (QED) is 0.395. The highest BCUT2D eigenvalue weighted by molar-refractivity contribution is 7.79. The second-order valence-corrected chi connectivity index (χ2v) is 10.1. The molecule has 1 aliphatic heterocycles. The van der Waals surface area contributed by atoms with Gasteiger partial charge in [0.05, 0.1) is 0 Å². The first-order valence-electron chi connectivity index (χ1n) is 9.97. The molecule has 5 rings (SSSR count). The van der Waals surface area contributed by atoms with Crippen LogP contribution in [0.15, 0.2) is 103 Å². The molecule has 2 heteroatoms. The van der Waals surface area contributed by atoms with Gasteiger partial charge in [-0.3, -0.25) is 0 Å². The van der Waals surface area contributed by atoms with Gasteiger partial charge in [0.1, 0.15) is 11.5 Å². The monoisotopic (exact) mass is 394 g/mol. The van der Waals surface area contributed by atoms with Crippen LogP contribution in [0, 0.1) is 0 Å². The van der Waals surface area contributed by atoms with Gasteiger partial charge >= 0.3 is 0 Å². The second-order valence-electron chi connectivity index (χ2n) is 7.91. The third-order valence-corrected chi connectivity index (χ3v) is 8.13. The molecule has 0 atom stereocenters. The zero-order chi connectivity index (χ0) is 19.8. The molecule has 4 aromatic carbocycles. The lowest BCUT2D eigenvalue weighted by Crippen LogP contribution is -2.27. The summed E-state index contributed by atoms with van der Waals surface area (Å²) < 4.78 is 6.27. The molecule has 0 amide bonds. The Kier molecular flexibility index (Phi) is 4.49. The van der Waals surface area contributed by atoms with Gasteiger partial charge in [0.15, 0.2) is 0 Å². The van der Waals surface area contributed by atoms with Crippen molar-refractivity contribution in [1.29, 1.82) is 0 Å². The van der Waals surface area contributed by atoms with Crippen molar-refractivity contribution < 1.29 is 4.74 Å². The van der Waals surface area contributed by atoms with Gasteiger partial charge in [0, 0.05) is 16.5 Å². The van der Waals surface area contributed by atoms with Crippen LogP contribution in [-0.2, 0) is 5.41 Å². The van der Waals surface area contributed by atoms with Gasteiger partial charge in [-0.2, -0.15) is 0 Å². The first-order valence-corrected chi connectivity index (χ1v) is 11.3.